The van der Waals surface area contributed by atoms with E-state index in [9.17, 15) is 14.4 Å². The predicted molar refractivity (Wildman–Crippen MR) is 110 cm³/mol. The molecule has 0 bridgehead atoms. The first-order valence-corrected chi connectivity index (χ1v) is 9.89. The van der Waals surface area contributed by atoms with Gasteiger partial charge in [0.2, 0.25) is 11.9 Å². The molecule has 1 aliphatic heterocycles. The van der Waals surface area contributed by atoms with Gasteiger partial charge in [0.05, 0.1) is 25.4 Å². The minimum Gasteiger partial charge on any atom is -0.469 e. The number of anilines is 1. The number of carbonyl (C=O) groups excluding carboxylic acids is 3. The molecule has 1 aromatic carbocycles. The van der Waals surface area contributed by atoms with Gasteiger partial charge in [-0.15, -0.1) is 0 Å². The molecule has 1 fully saturated rings. The number of ether oxygens (including phenoxy) is 2. The number of methoxy groups -OCH3 is 2. The van der Waals surface area contributed by atoms with Crippen LogP contribution in [0.2, 0.25) is 0 Å². The van der Waals surface area contributed by atoms with Crippen molar-refractivity contribution in [2.45, 2.75) is 44.7 Å². The number of hydrogen-bond donors (Lipinski definition) is 1. The number of nitrogens with zero attached hydrogens (tertiary/aromatic N) is 3. The molecular formula is C21H26N4O5. The number of esters is 2. The van der Waals surface area contributed by atoms with E-state index in [1.807, 2.05) is 36.1 Å². The lowest BCUT2D eigenvalue weighted by molar-refractivity contribution is -0.146. The van der Waals surface area contributed by atoms with Crippen molar-refractivity contribution in [1.82, 2.24) is 15.3 Å². The molecule has 2 aromatic rings. The Morgan fingerprint density at radius 1 is 1.20 bits per heavy atom. The molecule has 0 radical (unpaired) electrons. The average molecular weight is 414 g/mol. The van der Waals surface area contributed by atoms with Crippen LogP contribution in [0.3, 0.4) is 0 Å². The SMILES string of the molecule is COC(=O)CC[C@H](NC(=O)[C@H]1CCCN1c1nc(C)c2ccccc2n1)C(=O)OC. The van der Waals surface area contributed by atoms with Gasteiger partial charge in [0, 0.05) is 18.4 Å². The van der Waals surface area contributed by atoms with Gasteiger partial charge in [0.25, 0.3) is 0 Å². The van der Waals surface area contributed by atoms with E-state index < -0.39 is 24.0 Å². The van der Waals surface area contributed by atoms with Gasteiger partial charge in [-0.3, -0.25) is 9.59 Å². The molecule has 9 nitrogen and oxygen atoms in total. The zero-order chi connectivity index (χ0) is 21.7. The summed E-state index contributed by atoms with van der Waals surface area (Å²) in [6, 6.07) is 6.30. The lowest BCUT2D eigenvalue weighted by Gasteiger charge is -2.26. The first-order chi connectivity index (χ1) is 14.4. The predicted octanol–water partition coefficient (Wildman–Crippen LogP) is 1.52. The maximum atomic E-state index is 13.0. The van der Waals surface area contributed by atoms with Crippen LogP contribution in [0.5, 0.6) is 0 Å². The van der Waals surface area contributed by atoms with Crippen LogP contribution in [0, 0.1) is 6.92 Å². The highest BCUT2D eigenvalue weighted by Gasteiger charge is 2.35. The monoisotopic (exact) mass is 414 g/mol. The Morgan fingerprint density at radius 3 is 2.70 bits per heavy atom. The number of fused-ring (bicyclic) bond motifs is 1. The summed E-state index contributed by atoms with van der Waals surface area (Å²) >= 11 is 0. The molecule has 1 amide bonds. The van der Waals surface area contributed by atoms with E-state index in [0.717, 1.165) is 23.0 Å². The second-order valence-corrected chi connectivity index (χ2v) is 7.18. The Kier molecular flexibility index (Phi) is 6.81. The van der Waals surface area contributed by atoms with E-state index in [2.05, 4.69) is 20.0 Å². The Morgan fingerprint density at radius 2 is 1.97 bits per heavy atom. The van der Waals surface area contributed by atoms with Gasteiger partial charge in [0.1, 0.15) is 12.1 Å². The highest BCUT2D eigenvalue weighted by molar-refractivity contribution is 5.90. The Balaban J connectivity index is 1.77. The molecule has 1 aliphatic rings. The van der Waals surface area contributed by atoms with E-state index in [4.69, 9.17) is 4.74 Å². The smallest absolute Gasteiger partial charge is 0.328 e. The number of aromatic nitrogens is 2. The molecule has 0 unspecified atom stereocenters. The van der Waals surface area contributed by atoms with Gasteiger partial charge >= 0.3 is 11.9 Å². The summed E-state index contributed by atoms with van der Waals surface area (Å²) in [4.78, 5) is 47.6. The van der Waals surface area contributed by atoms with Gasteiger partial charge in [-0.2, -0.15) is 0 Å². The topological polar surface area (TPSA) is 111 Å². The van der Waals surface area contributed by atoms with Crippen LogP contribution in [0.4, 0.5) is 5.95 Å². The van der Waals surface area contributed by atoms with Crippen molar-refractivity contribution in [3.05, 3.63) is 30.0 Å². The van der Waals surface area contributed by atoms with Crippen LogP contribution in [-0.4, -0.2) is 60.7 Å². The molecule has 9 heteroatoms. The summed E-state index contributed by atoms with van der Waals surface area (Å²) in [6.45, 7) is 2.56. The minimum atomic E-state index is -0.927. The van der Waals surface area contributed by atoms with Gasteiger partial charge in [-0.1, -0.05) is 18.2 Å². The molecule has 30 heavy (non-hydrogen) atoms. The summed E-state index contributed by atoms with van der Waals surface area (Å²) in [7, 11) is 2.52. The lowest BCUT2D eigenvalue weighted by atomic mass is 10.1. The Labute approximate surface area is 174 Å². The number of benzene rings is 1. The van der Waals surface area contributed by atoms with E-state index in [1.165, 1.54) is 14.2 Å². The van der Waals surface area contributed by atoms with E-state index in [0.29, 0.717) is 18.9 Å². The maximum Gasteiger partial charge on any atom is 0.328 e. The highest BCUT2D eigenvalue weighted by atomic mass is 16.5. The van der Waals surface area contributed by atoms with Crippen LogP contribution in [0.25, 0.3) is 10.9 Å². The molecule has 1 saturated heterocycles. The quantitative estimate of drug-likeness (QED) is 0.679. The van der Waals surface area contributed by atoms with Crippen LogP contribution >= 0.6 is 0 Å². The molecule has 160 valence electrons. The molecule has 0 aliphatic carbocycles. The third kappa shape index (κ3) is 4.67. The van der Waals surface area contributed by atoms with Crippen molar-refractivity contribution < 1.29 is 23.9 Å². The number of aryl methyl sites for hydroxylation is 1. The van der Waals surface area contributed by atoms with Crippen molar-refractivity contribution in [1.29, 1.82) is 0 Å². The summed E-state index contributed by atoms with van der Waals surface area (Å²) in [5.41, 5.74) is 1.66. The molecule has 0 saturated carbocycles. The van der Waals surface area contributed by atoms with Crippen molar-refractivity contribution in [3.63, 3.8) is 0 Å². The summed E-state index contributed by atoms with van der Waals surface area (Å²) in [6.07, 6.45) is 1.52. The normalized spacial score (nSPS) is 16.9. The zero-order valence-electron chi connectivity index (χ0n) is 17.4. The second kappa shape index (κ2) is 9.51. The molecule has 0 spiro atoms. The van der Waals surface area contributed by atoms with Crippen LogP contribution in [-0.2, 0) is 23.9 Å². The number of rotatable bonds is 7. The molecule has 2 atom stereocenters. The minimum absolute atomic E-state index is 0.00208. The molecule has 1 N–H and O–H groups in total. The average Bonchev–Trinajstić information content (AvgIpc) is 3.25. The van der Waals surface area contributed by atoms with Crippen LogP contribution in [0.15, 0.2) is 24.3 Å². The third-order valence-corrected chi connectivity index (χ3v) is 5.26. The van der Waals surface area contributed by atoms with Crippen molar-refractivity contribution in [3.8, 4) is 0 Å². The second-order valence-electron chi connectivity index (χ2n) is 7.18. The number of hydrogen-bond acceptors (Lipinski definition) is 8. The number of nitrogens with one attached hydrogen (secondary N) is 1. The van der Waals surface area contributed by atoms with Gasteiger partial charge in [-0.05, 0) is 32.3 Å². The third-order valence-electron chi connectivity index (χ3n) is 5.26. The fourth-order valence-corrected chi connectivity index (χ4v) is 3.65. The molecular weight excluding hydrogens is 388 g/mol. The van der Waals surface area contributed by atoms with Crippen LogP contribution in [0.1, 0.15) is 31.4 Å². The van der Waals surface area contributed by atoms with Gasteiger partial charge < -0.3 is 19.7 Å². The van der Waals surface area contributed by atoms with E-state index in [1.54, 1.807) is 0 Å². The number of para-hydroxylation sites is 1. The molecule has 3 rings (SSSR count). The standard InChI is InChI=1S/C21H26N4O5/c1-13-14-7-4-5-8-15(14)24-21(22-13)25-12-6-9-17(25)19(27)23-16(20(28)30-3)10-11-18(26)29-2/h4-5,7-8,16-17H,6,9-12H2,1-3H3,(H,23,27)/t16-,17+/m0/s1. The number of amides is 1. The first-order valence-electron chi connectivity index (χ1n) is 9.89. The fraction of sp³-hybridized carbons (Fsp3) is 0.476. The van der Waals surface area contributed by atoms with E-state index in [-0.39, 0.29) is 18.7 Å². The Bertz CT molecular complexity index is 948. The first kappa shape index (κ1) is 21.5. The van der Waals surface area contributed by atoms with Gasteiger partial charge in [-0.25, -0.2) is 14.8 Å². The fourth-order valence-electron chi connectivity index (χ4n) is 3.65. The summed E-state index contributed by atoms with van der Waals surface area (Å²) in [5, 5.41) is 3.69. The molecule has 1 aromatic heterocycles. The lowest BCUT2D eigenvalue weighted by Crippen LogP contribution is -2.50. The maximum absolute atomic E-state index is 13.0. The largest absolute Gasteiger partial charge is 0.469 e. The molecule has 2 heterocycles. The number of carbonyl (C=O) groups is 3. The zero-order valence-corrected chi connectivity index (χ0v) is 17.4. The van der Waals surface area contributed by atoms with Crippen LogP contribution < -0.4 is 10.2 Å². The van der Waals surface area contributed by atoms with Gasteiger partial charge in [0.15, 0.2) is 0 Å². The Hall–Kier alpha value is -3.23. The van der Waals surface area contributed by atoms with Crippen molar-refractivity contribution in [2.24, 2.45) is 0 Å². The van der Waals surface area contributed by atoms with Crippen molar-refractivity contribution in [2.75, 3.05) is 25.7 Å². The van der Waals surface area contributed by atoms with Crippen molar-refractivity contribution >= 4 is 34.7 Å². The van der Waals surface area contributed by atoms with E-state index >= 15 is 0 Å². The summed E-state index contributed by atoms with van der Waals surface area (Å²) in [5.74, 6) is -0.884. The highest BCUT2D eigenvalue weighted by Crippen LogP contribution is 2.26. The summed E-state index contributed by atoms with van der Waals surface area (Å²) < 4.78 is 9.38.